The van der Waals surface area contributed by atoms with Crippen molar-refractivity contribution < 1.29 is 9.50 Å². The predicted octanol–water partition coefficient (Wildman–Crippen LogP) is 2.32. The summed E-state index contributed by atoms with van der Waals surface area (Å²) < 4.78 is 13.1. The Morgan fingerprint density at radius 1 is 1.35 bits per heavy atom. The molecule has 1 aliphatic carbocycles. The lowest BCUT2D eigenvalue weighted by Gasteiger charge is -2.37. The van der Waals surface area contributed by atoms with Gasteiger partial charge in [-0.3, -0.25) is 0 Å². The summed E-state index contributed by atoms with van der Waals surface area (Å²) in [4.78, 5) is 2.29. The van der Waals surface area contributed by atoms with Gasteiger partial charge < -0.3 is 15.3 Å². The van der Waals surface area contributed by atoms with Gasteiger partial charge >= 0.3 is 0 Å². The highest BCUT2D eigenvalue weighted by Gasteiger charge is 2.35. The van der Waals surface area contributed by atoms with Crippen molar-refractivity contribution in [2.75, 3.05) is 27.2 Å². The molecule has 0 saturated heterocycles. The van der Waals surface area contributed by atoms with E-state index in [9.17, 15) is 9.50 Å². The van der Waals surface area contributed by atoms with Gasteiger partial charge in [-0.05, 0) is 44.6 Å². The fraction of sp³-hybridized carbons (Fsp3) is 0.625. The van der Waals surface area contributed by atoms with E-state index in [2.05, 4.69) is 24.3 Å². The Morgan fingerprint density at radius 3 is 2.65 bits per heavy atom. The van der Waals surface area contributed by atoms with Gasteiger partial charge in [0, 0.05) is 18.6 Å². The number of halogens is 1. The molecule has 1 atom stereocenters. The van der Waals surface area contributed by atoms with Crippen LogP contribution in [0.1, 0.15) is 37.4 Å². The second-order valence-electron chi connectivity index (χ2n) is 6.03. The minimum atomic E-state index is -0.661. The number of aliphatic hydroxyl groups excluding tert-OH is 1. The van der Waals surface area contributed by atoms with Gasteiger partial charge in [-0.2, -0.15) is 0 Å². The fourth-order valence-electron chi connectivity index (χ4n) is 3.09. The number of nitrogens with one attached hydrogen (secondary N) is 1. The maximum Gasteiger partial charge on any atom is 0.123 e. The van der Waals surface area contributed by atoms with Crippen LogP contribution >= 0.6 is 0 Å². The topological polar surface area (TPSA) is 35.5 Å². The molecule has 0 bridgehead atoms. The van der Waals surface area contributed by atoms with Gasteiger partial charge in [0.1, 0.15) is 5.82 Å². The zero-order valence-electron chi connectivity index (χ0n) is 12.4. The number of nitrogens with zero attached hydrogens (tertiary/aromatic N) is 1. The molecule has 1 aromatic carbocycles. The molecule has 0 aliphatic heterocycles. The van der Waals surface area contributed by atoms with Crippen molar-refractivity contribution in [3.63, 3.8) is 0 Å². The first-order valence-electron chi connectivity index (χ1n) is 7.35. The summed E-state index contributed by atoms with van der Waals surface area (Å²) in [6.07, 6.45) is 4.27. The smallest absolute Gasteiger partial charge is 0.123 e. The molecule has 1 aliphatic rings. The van der Waals surface area contributed by atoms with Crippen molar-refractivity contribution >= 4 is 0 Å². The largest absolute Gasteiger partial charge is 0.387 e. The van der Waals surface area contributed by atoms with E-state index < -0.39 is 6.10 Å². The lowest BCUT2D eigenvalue weighted by atomic mass is 9.96. The van der Waals surface area contributed by atoms with Crippen LogP contribution in [0.2, 0.25) is 0 Å². The molecule has 1 saturated carbocycles. The van der Waals surface area contributed by atoms with Crippen LogP contribution in [-0.2, 0) is 0 Å². The second-order valence-corrected chi connectivity index (χ2v) is 6.03. The zero-order valence-corrected chi connectivity index (χ0v) is 12.4. The maximum absolute atomic E-state index is 13.1. The summed E-state index contributed by atoms with van der Waals surface area (Å²) in [6.45, 7) is 1.32. The van der Waals surface area contributed by atoms with Crippen LogP contribution in [0, 0.1) is 5.82 Å². The highest BCUT2D eigenvalue weighted by Crippen LogP contribution is 2.33. The molecule has 0 aromatic heterocycles. The second kappa shape index (κ2) is 6.66. The SMILES string of the molecule is CN(C)C1(CNCC(O)c2cccc(F)c2)CCCC1. The lowest BCUT2D eigenvalue weighted by molar-refractivity contribution is 0.134. The van der Waals surface area contributed by atoms with Crippen molar-refractivity contribution in [1.29, 1.82) is 0 Å². The maximum atomic E-state index is 13.1. The normalized spacial score (nSPS) is 19.4. The molecule has 1 unspecified atom stereocenters. The molecule has 0 heterocycles. The van der Waals surface area contributed by atoms with Crippen LogP contribution in [0.4, 0.5) is 4.39 Å². The summed E-state index contributed by atoms with van der Waals surface area (Å²) in [6, 6.07) is 6.17. The van der Waals surface area contributed by atoms with Crippen molar-refractivity contribution in [2.45, 2.75) is 37.3 Å². The van der Waals surface area contributed by atoms with Gasteiger partial charge in [0.25, 0.3) is 0 Å². The van der Waals surface area contributed by atoms with Crippen LogP contribution in [0.3, 0.4) is 0 Å². The summed E-state index contributed by atoms with van der Waals surface area (Å²) >= 11 is 0. The van der Waals surface area contributed by atoms with E-state index in [1.165, 1.54) is 37.8 Å². The van der Waals surface area contributed by atoms with E-state index in [4.69, 9.17) is 0 Å². The Kier molecular flexibility index (Phi) is 5.13. The first-order chi connectivity index (χ1) is 9.53. The Hall–Kier alpha value is -0.970. The molecular formula is C16H25FN2O. The number of likely N-dealkylation sites (N-methyl/N-ethyl adjacent to an activating group) is 1. The van der Waals surface area contributed by atoms with Gasteiger partial charge in [-0.1, -0.05) is 25.0 Å². The van der Waals surface area contributed by atoms with E-state index >= 15 is 0 Å². The third-order valence-corrected chi connectivity index (χ3v) is 4.51. The number of rotatable bonds is 6. The fourth-order valence-corrected chi connectivity index (χ4v) is 3.09. The molecule has 0 radical (unpaired) electrons. The van der Waals surface area contributed by atoms with E-state index in [1.54, 1.807) is 12.1 Å². The van der Waals surface area contributed by atoms with Crippen LogP contribution < -0.4 is 5.32 Å². The third-order valence-electron chi connectivity index (χ3n) is 4.51. The molecule has 2 N–H and O–H groups in total. The van der Waals surface area contributed by atoms with Gasteiger partial charge in [0.15, 0.2) is 0 Å². The van der Waals surface area contributed by atoms with Crippen molar-refractivity contribution in [3.8, 4) is 0 Å². The number of aliphatic hydroxyl groups is 1. The molecule has 0 amide bonds. The van der Waals surface area contributed by atoms with Gasteiger partial charge in [-0.25, -0.2) is 4.39 Å². The monoisotopic (exact) mass is 280 g/mol. The summed E-state index contributed by atoms with van der Waals surface area (Å²) in [5.41, 5.74) is 0.838. The number of benzene rings is 1. The third kappa shape index (κ3) is 3.57. The first-order valence-corrected chi connectivity index (χ1v) is 7.35. The van der Waals surface area contributed by atoms with Crippen molar-refractivity contribution in [1.82, 2.24) is 10.2 Å². The van der Waals surface area contributed by atoms with E-state index in [0.29, 0.717) is 12.1 Å². The molecule has 3 nitrogen and oxygen atoms in total. The average molecular weight is 280 g/mol. The minimum absolute atomic E-state index is 0.210. The van der Waals surface area contributed by atoms with Crippen LogP contribution in [0.5, 0.6) is 0 Å². The quantitative estimate of drug-likeness (QED) is 0.839. The van der Waals surface area contributed by atoms with Crippen LogP contribution in [-0.4, -0.2) is 42.7 Å². The molecule has 2 rings (SSSR count). The molecule has 1 aromatic rings. The summed E-state index contributed by atoms with van der Waals surface area (Å²) in [5.74, 6) is -0.304. The Bertz CT molecular complexity index is 430. The molecular weight excluding hydrogens is 255 g/mol. The Morgan fingerprint density at radius 2 is 2.05 bits per heavy atom. The van der Waals surface area contributed by atoms with Crippen molar-refractivity contribution in [3.05, 3.63) is 35.6 Å². The highest BCUT2D eigenvalue weighted by molar-refractivity contribution is 5.19. The Balaban J connectivity index is 1.86. The Labute approximate surface area is 120 Å². The van der Waals surface area contributed by atoms with Gasteiger partial charge in [0.2, 0.25) is 0 Å². The minimum Gasteiger partial charge on any atom is -0.387 e. The lowest BCUT2D eigenvalue weighted by Crippen LogP contribution is -2.50. The van der Waals surface area contributed by atoms with Gasteiger partial charge in [0.05, 0.1) is 6.10 Å². The number of hydrogen-bond acceptors (Lipinski definition) is 3. The molecule has 1 fully saturated rings. The molecule has 112 valence electrons. The zero-order chi connectivity index (χ0) is 14.6. The van der Waals surface area contributed by atoms with Crippen LogP contribution in [0.15, 0.2) is 24.3 Å². The number of hydrogen-bond donors (Lipinski definition) is 2. The predicted molar refractivity (Wildman–Crippen MR) is 79.1 cm³/mol. The summed E-state index contributed by atoms with van der Waals surface area (Å²) in [5, 5.41) is 13.5. The van der Waals surface area contributed by atoms with Crippen molar-refractivity contribution in [2.24, 2.45) is 0 Å². The molecule has 0 spiro atoms. The van der Waals surface area contributed by atoms with E-state index in [-0.39, 0.29) is 11.4 Å². The van der Waals surface area contributed by atoms with Crippen LogP contribution in [0.25, 0.3) is 0 Å². The van der Waals surface area contributed by atoms with E-state index in [1.807, 2.05) is 0 Å². The van der Waals surface area contributed by atoms with E-state index in [0.717, 1.165) is 6.54 Å². The standard InChI is InChI=1S/C16H25FN2O/c1-19(2)16(8-3-4-9-16)12-18-11-15(20)13-6-5-7-14(17)10-13/h5-7,10,15,18,20H,3-4,8-9,11-12H2,1-2H3. The highest BCUT2D eigenvalue weighted by atomic mass is 19.1. The summed E-state index contributed by atoms with van der Waals surface area (Å²) in [7, 11) is 4.24. The molecule has 4 heteroatoms. The molecule has 20 heavy (non-hydrogen) atoms. The first kappa shape index (κ1) is 15.4. The average Bonchev–Trinajstić information content (AvgIpc) is 2.89. The van der Waals surface area contributed by atoms with Gasteiger partial charge in [-0.15, -0.1) is 0 Å².